The zero-order chi connectivity index (χ0) is 13.4. The molecule has 19 heavy (non-hydrogen) atoms. The van der Waals surface area contributed by atoms with E-state index in [2.05, 4.69) is 10.6 Å². The number of aromatic carboxylic acids is 1. The molecule has 0 bridgehead atoms. The first-order valence-electron chi connectivity index (χ1n) is 5.80. The summed E-state index contributed by atoms with van der Waals surface area (Å²) >= 11 is 0. The third kappa shape index (κ3) is 1.89. The van der Waals surface area contributed by atoms with Crippen LogP contribution in [0.25, 0.3) is 0 Å². The lowest BCUT2D eigenvalue weighted by Crippen LogP contribution is -2.14. The Labute approximate surface area is 108 Å². The van der Waals surface area contributed by atoms with Gasteiger partial charge in [-0.15, -0.1) is 0 Å². The SMILES string of the molecule is O=C(O)c1cccc2c1NC(c1ccccc1F)N2. The van der Waals surface area contributed by atoms with Gasteiger partial charge >= 0.3 is 5.97 Å². The van der Waals surface area contributed by atoms with E-state index in [0.29, 0.717) is 16.9 Å². The van der Waals surface area contributed by atoms with Crippen molar-refractivity contribution in [1.82, 2.24) is 0 Å². The molecule has 0 fully saturated rings. The minimum absolute atomic E-state index is 0.170. The summed E-state index contributed by atoms with van der Waals surface area (Å²) in [6, 6.07) is 11.3. The number of hydrogen-bond donors (Lipinski definition) is 3. The lowest BCUT2D eigenvalue weighted by molar-refractivity contribution is 0.0698. The molecule has 0 spiro atoms. The Morgan fingerprint density at radius 1 is 1.11 bits per heavy atom. The minimum Gasteiger partial charge on any atom is -0.478 e. The molecule has 0 radical (unpaired) electrons. The molecule has 5 heteroatoms. The first kappa shape index (κ1) is 11.5. The molecule has 0 saturated heterocycles. The first-order valence-corrected chi connectivity index (χ1v) is 5.80. The van der Waals surface area contributed by atoms with Gasteiger partial charge < -0.3 is 15.7 Å². The van der Waals surface area contributed by atoms with Crippen molar-refractivity contribution < 1.29 is 14.3 Å². The Morgan fingerprint density at radius 3 is 2.63 bits per heavy atom. The third-order valence-electron chi connectivity index (χ3n) is 3.10. The van der Waals surface area contributed by atoms with E-state index in [1.165, 1.54) is 12.1 Å². The second kappa shape index (κ2) is 4.28. The fraction of sp³-hybridized carbons (Fsp3) is 0.0714. The molecular formula is C14H11FN2O2. The summed E-state index contributed by atoms with van der Waals surface area (Å²) in [5, 5.41) is 15.2. The molecule has 0 aromatic heterocycles. The monoisotopic (exact) mass is 258 g/mol. The van der Waals surface area contributed by atoms with Crippen LogP contribution >= 0.6 is 0 Å². The summed E-state index contributed by atoms with van der Waals surface area (Å²) in [4.78, 5) is 11.1. The maximum atomic E-state index is 13.7. The number of fused-ring (bicyclic) bond motifs is 1. The number of nitrogens with one attached hydrogen (secondary N) is 2. The molecule has 4 nitrogen and oxygen atoms in total. The van der Waals surface area contributed by atoms with E-state index in [-0.39, 0.29) is 11.4 Å². The van der Waals surface area contributed by atoms with Crippen LogP contribution in [-0.4, -0.2) is 11.1 Å². The van der Waals surface area contributed by atoms with E-state index in [9.17, 15) is 9.18 Å². The fourth-order valence-electron chi connectivity index (χ4n) is 2.21. The molecule has 1 heterocycles. The lowest BCUT2D eigenvalue weighted by Gasteiger charge is -2.13. The van der Waals surface area contributed by atoms with Gasteiger partial charge in [-0.05, 0) is 18.2 Å². The predicted molar refractivity (Wildman–Crippen MR) is 69.8 cm³/mol. The fourth-order valence-corrected chi connectivity index (χ4v) is 2.21. The topological polar surface area (TPSA) is 61.4 Å². The van der Waals surface area contributed by atoms with E-state index in [0.717, 1.165) is 0 Å². The van der Waals surface area contributed by atoms with Gasteiger partial charge in [-0.2, -0.15) is 0 Å². The molecule has 0 aliphatic carbocycles. The summed E-state index contributed by atoms with van der Waals surface area (Å²) in [6.45, 7) is 0. The van der Waals surface area contributed by atoms with Gasteiger partial charge in [0.2, 0.25) is 0 Å². The van der Waals surface area contributed by atoms with Gasteiger partial charge in [-0.25, -0.2) is 9.18 Å². The van der Waals surface area contributed by atoms with Crippen molar-refractivity contribution in [3.05, 3.63) is 59.4 Å². The van der Waals surface area contributed by atoms with Gasteiger partial charge in [0.15, 0.2) is 0 Å². The Hall–Kier alpha value is -2.56. The third-order valence-corrected chi connectivity index (χ3v) is 3.10. The summed E-state index contributed by atoms with van der Waals surface area (Å²) in [7, 11) is 0. The molecule has 1 aliphatic heterocycles. The molecule has 3 N–H and O–H groups in total. The van der Waals surface area contributed by atoms with Gasteiger partial charge in [0.05, 0.1) is 16.9 Å². The van der Waals surface area contributed by atoms with Crippen molar-refractivity contribution in [2.45, 2.75) is 6.17 Å². The van der Waals surface area contributed by atoms with E-state index in [1.807, 2.05) is 0 Å². The van der Waals surface area contributed by atoms with Gasteiger partial charge in [-0.1, -0.05) is 24.3 Å². The number of para-hydroxylation sites is 1. The molecular weight excluding hydrogens is 247 g/mol. The number of carbonyl (C=O) groups is 1. The summed E-state index contributed by atoms with van der Waals surface area (Å²) < 4.78 is 13.7. The van der Waals surface area contributed by atoms with Crippen molar-refractivity contribution in [2.24, 2.45) is 0 Å². The van der Waals surface area contributed by atoms with Crippen LogP contribution < -0.4 is 10.6 Å². The molecule has 2 aromatic carbocycles. The zero-order valence-corrected chi connectivity index (χ0v) is 9.85. The Morgan fingerprint density at radius 2 is 1.89 bits per heavy atom. The molecule has 1 aliphatic rings. The van der Waals surface area contributed by atoms with Crippen LogP contribution in [0.3, 0.4) is 0 Å². The van der Waals surface area contributed by atoms with Crippen LogP contribution in [0.4, 0.5) is 15.8 Å². The number of benzene rings is 2. The van der Waals surface area contributed by atoms with Crippen LogP contribution in [0.15, 0.2) is 42.5 Å². The van der Waals surface area contributed by atoms with E-state index < -0.39 is 12.1 Å². The number of anilines is 2. The molecule has 2 aromatic rings. The summed E-state index contributed by atoms with van der Waals surface area (Å²) in [6.07, 6.45) is -0.461. The highest BCUT2D eigenvalue weighted by molar-refractivity contribution is 5.99. The maximum Gasteiger partial charge on any atom is 0.337 e. The maximum absolute atomic E-state index is 13.7. The van der Waals surface area contributed by atoms with Crippen molar-refractivity contribution in [1.29, 1.82) is 0 Å². The normalized spacial score (nSPS) is 16.4. The van der Waals surface area contributed by atoms with Crippen LogP contribution in [0, 0.1) is 5.82 Å². The average molecular weight is 258 g/mol. The quantitative estimate of drug-likeness (QED) is 0.774. The molecule has 96 valence electrons. The van der Waals surface area contributed by atoms with Crippen LogP contribution in [0.1, 0.15) is 22.1 Å². The molecule has 0 saturated carbocycles. The summed E-state index contributed by atoms with van der Waals surface area (Å²) in [5.74, 6) is -1.35. The van der Waals surface area contributed by atoms with E-state index >= 15 is 0 Å². The standard InChI is InChI=1S/C14H11FN2O2/c15-10-6-2-1-4-8(10)13-16-11-7-3-5-9(14(18)19)12(11)17-13/h1-7,13,16-17H,(H,18,19). The van der Waals surface area contributed by atoms with Crippen molar-refractivity contribution >= 4 is 17.3 Å². The minimum atomic E-state index is -1.01. The highest BCUT2D eigenvalue weighted by atomic mass is 19.1. The summed E-state index contributed by atoms with van der Waals surface area (Å²) in [5.41, 5.74) is 1.77. The lowest BCUT2D eigenvalue weighted by atomic mass is 10.1. The van der Waals surface area contributed by atoms with E-state index in [1.54, 1.807) is 30.3 Å². The van der Waals surface area contributed by atoms with Crippen molar-refractivity contribution in [3.63, 3.8) is 0 Å². The number of rotatable bonds is 2. The zero-order valence-electron chi connectivity index (χ0n) is 9.85. The number of carboxylic acids is 1. The van der Waals surface area contributed by atoms with Crippen LogP contribution in [0.5, 0.6) is 0 Å². The van der Waals surface area contributed by atoms with Crippen LogP contribution in [-0.2, 0) is 0 Å². The highest BCUT2D eigenvalue weighted by Gasteiger charge is 2.26. The van der Waals surface area contributed by atoms with Crippen molar-refractivity contribution in [2.75, 3.05) is 10.6 Å². The highest BCUT2D eigenvalue weighted by Crippen LogP contribution is 2.38. The number of hydrogen-bond acceptors (Lipinski definition) is 3. The second-order valence-electron chi connectivity index (χ2n) is 4.28. The predicted octanol–water partition coefficient (Wildman–Crippen LogP) is 3.06. The Bertz CT molecular complexity index is 658. The number of carboxylic acid groups (broad SMARTS) is 1. The van der Waals surface area contributed by atoms with E-state index in [4.69, 9.17) is 5.11 Å². The van der Waals surface area contributed by atoms with Crippen molar-refractivity contribution in [3.8, 4) is 0 Å². The Kier molecular flexibility index (Phi) is 2.59. The van der Waals surface area contributed by atoms with Gasteiger partial charge in [0, 0.05) is 5.56 Å². The van der Waals surface area contributed by atoms with Gasteiger partial charge in [0.25, 0.3) is 0 Å². The molecule has 1 atom stereocenters. The largest absolute Gasteiger partial charge is 0.478 e. The molecule has 3 rings (SSSR count). The second-order valence-corrected chi connectivity index (χ2v) is 4.28. The smallest absolute Gasteiger partial charge is 0.337 e. The van der Waals surface area contributed by atoms with Gasteiger partial charge in [0.1, 0.15) is 12.0 Å². The number of halogens is 1. The van der Waals surface area contributed by atoms with Gasteiger partial charge in [-0.3, -0.25) is 0 Å². The first-order chi connectivity index (χ1) is 9.16. The molecule has 1 unspecified atom stereocenters. The average Bonchev–Trinajstić information content (AvgIpc) is 2.82. The van der Waals surface area contributed by atoms with Crippen LogP contribution in [0.2, 0.25) is 0 Å². The molecule has 0 amide bonds. The Balaban J connectivity index is 1.99.